The Kier molecular flexibility index (Phi) is 5.56. The Bertz CT molecular complexity index is 330. The van der Waals surface area contributed by atoms with Gasteiger partial charge < -0.3 is 10.4 Å². The van der Waals surface area contributed by atoms with E-state index in [4.69, 9.17) is 0 Å². The molecule has 0 amide bonds. The lowest BCUT2D eigenvalue weighted by atomic mass is 9.98. The van der Waals surface area contributed by atoms with Crippen LogP contribution in [0.2, 0.25) is 0 Å². The Morgan fingerprint density at radius 2 is 2.18 bits per heavy atom. The average molecular weight is 256 g/mol. The maximum Gasteiger partial charge on any atom is 0.0981 e. The molecule has 1 aromatic rings. The molecule has 2 N–H and O–H groups in total. The number of rotatable bonds is 6. The van der Waals surface area contributed by atoms with Gasteiger partial charge in [-0.15, -0.1) is 11.3 Å². The van der Waals surface area contributed by atoms with Gasteiger partial charge in [0.1, 0.15) is 0 Å². The van der Waals surface area contributed by atoms with Crippen LogP contribution in [0.4, 0.5) is 0 Å². The zero-order chi connectivity index (χ0) is 12.9. The van der Waals surface area contributed by atoms with E-state index >= 15 is 0 Å². The summed E-state index contributed by atoms with van der Waals surface area (Å²) in [6.45, 7) is 10.1. The number of aliphatic hydroxyl groups is 1. The molecule has 0 radical (unpaired) electrons. The van der Waals surface area contributed by atoms with Crippen LogP contribution in [-0.4, -0.2) is 22.7 Å². The zero-order valence-corrected chi connectivity index (χ0v) is 12.1. The number of hydrogen-bond donors (Lipinski definition) is 2. The molecule has 1 rings (SSSR count). The Morgan fingerprint density at radius 1 is 1.47 bits per heavy atom. The topological polar surface area (TPSA) is 45.1 Å². The highest BCUT2D eigenvalue weighted by molar-refractivity contribution is 7.11. The van der Waals surface area contributed by atoms with E-state index in [0.717, 1.165) is 19.4 Å². The lowest BCUT2D eigenvalue weighted by Crippen LogP contribution is -2.25. The Hall–Kier alpha value is -0.450. The molecule has 98 valence electrons. The first-order chi connectivity index (χ1) is 7.93. The predicted molar refractivity (Wildman–Crippen MR) is 73.4 cm³/mol. The van der Waals surface area contributed by atoms with E-state index in [1.807, 2.05) is 6.20 Å². The van der Waals surface area contributed by atoms with Gasteiger partial charge in [-0.2, -0.15) is 0 Å². The van der Waals surface area contributed by atoms with Gasteiger partial charge in [-0.05, 0) is 6.42 Å². The number of nitrogens with zero attached hydrogens (tertiary/aromatic N) is 1. The van der Waals surface area contributed by atoms with E-state index in [1.54, 1.807) is 11.3 Å². The first-order valence-corrected chi connectivity index (χ1v) is 7.09. The number of nitrogens with one attached hydrogen (secondary N) is 1. The zero-order valence-electron chi connectivity index (χ0n) is 11.3. The van der Waals surface area contributed by atoms with Gasteiger partial charge in [-0.3, -0.25) is 0 Å². The standard InChI is InChI=1S/C13H24N2OS/c1-5-6-10(16)7-14-8-11-9-15-12(17-11)13(2,3)4/h9-10,14,16H,5-8H2,1-4H3. The maximum atomic E-state index is 9.59. The molecule has 17 heavy (non-hydrogen) atoms. The lowest BCUT2D eigenvalue weighted by molar-refractivity contribution is 0.160. The Balaban J connectivity index is 2.35. The molecule has 1 atom stereocenters. The molecule has 4 heteroatoms. The van der Waals surface area contributed by atoms with Gasteiger partial charge in [0.25, 0.3) is 0 Å². The molecule has 0 aliphatic carbocycles. The van der Waals surface area contributed by atoms with Crippen LogP contribution in [0.5, 0.6) is 0 Å². The minimum Gasteiger partial charge on any atom is -0.392 e. The van der Waals surface area contributed by atoms with Crippen LogP contribution in [0.3, 0.4) is 0 Å². The summed E-state index contributed by atoms with van der Waals surface area (Å²) in [5, 5.41) is 14.0. The van der Waals surface area contributed by atoms with Crippen LogP contribution >= 0.6 is 11.3 Å². The summed E-state index contributed by atoms with van der Waals surface area (Å²) >= 11 is 1.75. The van der Waals surface area contributed by atoms with Crippen LogP contribution < -0.4 is 5.32 Å². The molecule has 0 aromatic carbocycles. The monoisotopic (exact) mass is 256 g/mol. The number of hydrogen-bond acceptors (Lipinski definition) is 4. The highest BCUT2D eigenvalue weighted by Gasteiger charge is 2.17. The van der Waals surface area contributed by atoms with Gasteiger partial charge >= 0.3 is 0 Å². The van der Waals surface area contributed by atoms with Gasteiger partial charge in [-0.25, -0.2) is 4.98 Å². The number of thiazole rings is 1. The molecule has 0 bridgehead atoms. The third-order valence-electron chi connectivity index (χ3n) is 2.50. The third-order valence-corrected chi connectivity index (χ3v) is 3.92. The summed E-state index contributed by atoms with van der Waals surface area (Å²) < 4.78 is 0. The quantitative estimate of drug-likeness (QED) is 0.822. The molecule has 1 aromatic heterocycles. The molecular formula is C13H24N2OS. The van der Waals surface area contributed by atoms with Crippen molar-refractivity contribution in [3.05, 3.63) is 16.1 Å². The lowest BCUT2D eigenvalue weighted by Gasteiger charge is -2.13. The van der Waals surface area contributed by atoms with E-state index in [1.165, 1.54) is 9.88 Å². The van der Waals surface area contributed by atoms with Crippen LogP contribution in [-0.2, 0) is 12.0 Å². The first kappa shape index (κ1) is 14.6. The van der Waals surface area contributed by atoms with Crippen molar-refractivity contribution < 1.29 is 5.11 Å². The average Bonchev–Trinajstić information content (AvgIpc) is 2.66. The second kappa shape index (κ2) is 6.47. The predicted octanol–water partition coefficient (Wildman–Crippen LogP) is 2.69. The van der Waals surface area contributed by atoms with E-state index in [9.17, 15) is 5.11 Å². The van der Waals surface area contributed by atoms with Crippen LogP contribution in [0.15, 0.2) is 6.20 Å². The van der Waals surface area contributed by atoms with Gasteiger partial charge in [0.05, 0.1) is 11.1 Å². The molecule has 3 nitrogen and oxygen atoms in total. The smallest absolute Gasteiger partial charge is 0.0981 e. The van der Waals surface area contributed by atoms with Crippen LogP contribution in [0.25, 0.3) is 0 Å². The molecular weight excluding hydrogens is 232 g/mol. The first-order valence-electron chi connectivity index (χ1n) is 6.27. The van der Waals surface area contributed by atoms with Crippen molar-refractivity contribution in [1.82, 2.24) is 10.3 Å². The minimum absolute atomic E-state index is 0.130. The molecule has 0 saturated carbocycles. The summed E-state index contributed by atoms with van der Waals surface area (Å²) in [5.41, 5.74) is 0.130. The van der Waals surface area contributed by atoms with E-state index in [0.29, 0.717) is 6.54 Å². The second-order valence-electron chi connectivity index (χ2n) is 5.46. The molecule has 1 unspecified atom stereocenters. The summed E-state index contributed by atoms with van der Waals surface area (Å²) in [4.78, 5) is 5.67. The van der Waals surface area contributed by atoms with Crippen molar-refractivity contribution in [2.45, 2.75) is 58.6 Å². The fourth-order valence-corrected chi connectivity index (χ4v) is 2.47. The second-order valence-corrected chi connectivity index (χ2v) is 6.57. The normalized spacial score (nSPS) is 13.9. The highest BCUT2D eigenvalue weighted by Crippen LogP contribution is 2.26. The van der Waals surface area contributed by atoms with E-state index in [2.05, 4.69) is 38.0 Å². The maximum absolute atomic E-state index is 9.59. The molecule has 0 saturated heterocycles. The SMILES string of the molecule is CCCC(O)CNCc1cnc(C(C)(C)C)s1. The van der Waals surface area contributed by atoms with Crippen LogP contribution in [0.1, 0.15) is 50.4 Å². The van der Waals surface area contributed by atoms with Gasteiger partial charge in [0, 0.05) is 29.6 Å². The molecule has 1 heterocycles. The fraction of sp³-hybridized carbons (Fsp3) is 0.769. The summed E-state index contributed by atoms with van der Waals surface area (Å²) in [6, 6.07) is 0. The van der Waals surface area contributed by atoms with E-state index < -0.39 is 0 Å². The molecule has 0 aliphatic rings. The summed E-state index contributed by atoms with van der Waals surface area (Å²) in [5.74, 6) is 0. The Labute approximate surface area is 108 Å². The fourth-order valence-electron chi connectivity index (χ4n) is 1.53. The van der Waals surface area contributed by atoms with Crippen molar-refractivity contribution in [3.8, 4) is 0 Å². The largest absolute Gasteiger partial charge is 0.392 e. The number of aliphatic hydroxyl groups excluding tert-OH is 1. The highest BCUT2D eigenvalue weighted by atomic mass is 32.1. The molecule has 0 fully saturated rings. The Morgan fingerprint density at radius 3 is 2.71 bits per heavy atom. The van der Waals surface area contributed by atoms with Gasteiger partial charge in [0.15, 0.2) is 0 Å². The molecule has 0 spiro atoms. The van der Waals surface area contributed by atoms with Crippen molar-refractivity contribution in [2.75, 3.05) is 6.54 Å². The minimum atomic E-state index is -0.227. The van der Waals surface area contributed by atoms with Gasteiger partial charge in [-0.1, -0.05) is 34.1 Å². The van der Waals surface area contributed by atoms with Crippen molar-refractivity contribution >= 4 is 11.3 Å². The van der Waals surface area contributed by atoms with Crippen molar-refractivity contribution in [3.63, 3.8) is 0 Å². The van der Waals surface area contributed by atoms with Crippen molar-refractivity contribution in [1.29, 1.82) is 0 Å². The van der Waals surface area contributed by atoms with Crippen LogP contribution in [0, 0.1) is 0 Å². The van der Waals surface area contributed by atoms with Gasteiger partial charge in [0.2, 0.25) is 0 Å². The number of aromatic nitrogens is 1. The van der Waals surface area contributed by atoms with E-state index in [-0.39, 0.29) is 11.5 Å². The molecule has 0 aliphatic heterocycles. The summed E-state index contributed by atoms with van der Waals surface area (Å²) in [7, 11) is 0. The third kappa shape index (κ3) is 5.15. The summed E-state index contributed by atoms with van der Waals surface area (Å²) in [6.07, 6.45) is 3.60. The van der Waals surface area contributed by atoms with Crippen molar-refractivity contribution in [2.24, 2.45) is 0 Å².